The fourth-order valence-electron chi connectivity index (χ4n) is 3.28. The molecule has 4 rings (SSSR count). The second kappa shape index (κ2) is 9.34. The van der Waals surface area contributed by atoms with Crippen LogP contribution in [0.15, 0.2) is 59.1 Å². The van der Waals surface area contributed by atoms with Crippen molar-refractivity contribution in [2.24, 2.45) is 0 Å². The van der Waals surface area contributed by atoms with Gasteiger partial charge >= 0.3 is 5.97 Å². The molecule has 0 bridgehead atoms. The quantitative estimate of drug-likeness (QED) is 0.547. The van der Waals surface area contributed by atoms with Crippen LogP contribution in [-0.4, -0.2) is 29.5 Å². The van der Waals surface area contributed by atoms with Crippen LogP contribution in [0.1, 0.15) is 29.4 Å². The van der Waals surface area contributed by atoms with Gasteiger partial charge in [0.2, 0.25) is 12.0 Å². The van der Waals surface area contributed by atoms with E-state index in [9.17, 15) is 14.4 Å². The molecule has 9 heteroatoms. The number of benzene rings is 2. The zero-order valence-corrected chi connectivity index (χ0v) is 17.3. The van der Waals surface area contributed by atoms with Gasteiger partial charge in [-0.25, -0.2) is 4.79 Å². The number of nitrogens with one attached hydrogen (secondary N) is 2. The molecule has 1 unspecified atom stereocenters. The Bertz CT molecular complexity index is 1140. The van der Waals surface area contributed by atoms with Gasteiger partial charge in [-0.1, -0.05) is 35.5 Å². The zero-order chi connectivity index (χ0) is 22.5. The Balaban J connectivity index is 1.41. The predicted octanol–water partition coefficient (Wildman–Crippen LogP) is 3.17. The number of amides is 2. The Labute approximate surface area is 183 Å². The van der Waals surface area contributed by atoms with Crippen molar-refractivity contribution in [2.75, 3.05) is 17.2 Å². The molecule has 1 aromatic heterocycles. The largest absolute Gasteiger partial charge is 0.482 e. The minimum atomic E-state index is -1.19. The van der Waals surface area contributed by atoms with E-state index >= 15 is 0 Å². The summed E-state index contributed by atoms with van der Waals surface area (Å²) in [4.78, 5) is 36.7. The number of aromatic nitrogens is 1. The molecule has 3 aromatic rings. The Morgan fingerprint density at radius 2 is 1.97 bits per heavy atom. The molecule has 2 N–H and O–H groups in total. The third kappa shape index (κ3) is 5.12. The van der Waals surface area contributed by atoms with Crippen LogP contribution in [0.25, 0.3) is 0 Å². The average molecular weight is 435 g/mol. The Kier molecular flexibility index (Phi) is 6.16. The van der Waals surface area contributed by atoms with E-state index in [0.29, 0.717) is 29.9 Å². The normalized spacial score (nSPS) is 13.5. The van der Waals surface area contributed by atoms with Gasteiger partial charge < -0.3 is 24.6 Å². The minimum Gasteiger partial charge on any atom is -0.482 e. The first-order valence-electron chi connectivity index (χ1n) is 10.0. The number of carbonyl (C=O) groups is 3. The highest BCUT2D eigenvalue weighted by Crippen LogP contribution is 2.27. The number of aryl methyl sites for hydroxylation is 2. The molecule has 1 aliphatic rings. The number of nitrogens with zero attached hydrogens (tertiary/aromatic N) is 1. The summed E-state index contributed by atoms with van der Waals surface area (Å²) in [5.41, 5.74) is 2.17. The molecule has 0 radical (unpaired) electrons. The van der Waals surface area contributed by atoms with E-state index < -0.39 is 18.0 Å². The van der Waals surface area contributed by atoms with Crippen molar-refractivity contribution in [1.82, 2.24) is 5.16 Å². The molecule has 0 saturated heterocycles. The van der Waals surface area contributed by atoms with Gasteiger partial charge in [0.05, 0.1) is 0 Å². The fourth-order valence-corrected chi connectivity index (χ4v) is 3.28. The van der Waals surface area contributed by atoms with E-state index in [1.807, 2.05) is 0 Å². The predicted molar refractivity (Wildman–Crippen MR) is 114 cm³/mol. The van der Waals surface area contributed by atoms with E-state index in [2.05, 4.69) is 15.8 Å². The molecular weight excluding hydrogens is 414 g/mol. The van der Waals surface area contributed by atoms with Crippen LogP contribution in [0.3, 0.4) is 0 Å². The summed E-state index contributed by atoms with van der Waals surface area (Å²) in [6.07, 6.45) is -0.194. The van der Waals surface area contributed by atoms with Gasteiger partial charge in [0, 0.05) is 23.7 Å². The maximum absolute atomic E-state index is 12.8. The van der Waals surface area contributed by atoms with Gasteiger partial charge in [-0.05, 0) is 37.1 Å². The third-order valence-electron chi connectivity index (χ3n) is 4.80. The second-order valence-electron chi connectivity index (χ2n) is 7.25. The molecule has 32 heavy (non-hydrogen) atoms. The highest BCUT2D eigenvalue weighted by molar-refractivity contribution is 5.95. The number of rotatable bonds is 7. The zero-order valence-electron chi connectivity index (χ0n) is 17.3. The SMILES string of the molecule is Cc1cc(NC(=O)C(OC(=O)COc2ccc3c(c2)CCC(=O)N3)c2ccccc2)no1. The molecule has 1 atom stereocenters. The van der Waals surface area contributed by atoms with Crippen LogP contribution < -0.4 is 15.4 Å². The first-order chi connectivity index (χ1) is 15.5. The smallest absolute Gasteiger partial charge is 0.345 e. The van der Waals surface area contributed by atoms with Gasteiger partial charge in [0.1, 0.15) is 11.5 Å². The van der Waals surface area contributed by atoms with Crippen molar-refractivity contribution >= 4 is 29.3 Å². The van der Waals surface area contributed by atoms with Crippen LogP contribution >= 0.6 is 0 Å². The molecule has 0 spiro atoms. The molecule has 9 nitrogen and oxygen atoms in total. The molecule has 0 fully saturated rings. The summed E-state index contributed by atoms with van der Waals surface area (Å²) in [6.45, 7) is 1.31. The molecule has 2 aromatic carbocycles. The van der Waals surface area contributed by atoms with Crippen LogP contribution in [0.5, 0.6) is 5.75 Å². The number of fused-ring (bicyclic) bond motifs is 1. The lowest BCUT2D eigenvalue weighted by Gasteiger charge is -2.19. The fraction of sp³-hybridized carbons (Fsp3) is 0.217. The highest BCUT2D eigenvalue weighted by atomic mass is 16.6. The number of carbonyl (C=O) groups excluding carboxylic acids is 3. The van der Waals surface area contributed by atoms with E-state index in [-0.39, 0.29) is 18.3 Å². The van der Waals surface area contributed by atoms with E-state index in [1.54, 1.807) is 61.5 Å². The van der Waals surface area contributed by atoms with Gasteiger partial charge in [0.25, 0.3) is 5.91 Å². The monoisotopic (exact) mass is 435 g/mol. The lowest BCUT2D eigenvalue weighted by atomic mass is 10.0. The number of hydrogen-bond donors (Lipinski definition) is 2. The molecule has 2 amide bonds. The lowest BCUT2D eigenvalue weighted by Crippen LogP contribution is -2.28. The molecule has 2 heterocycles. The number of esters is 1. The van der Waals surface area contributed by atoms with E-state index in [0.717, 1.165) is 11.3 Å². The van der Waals surface area contributed by atoms with Crippen molar-refractivity contribution in [3.05, 3.63) is 71.5 Å². The summed E-state index contributed by atoms with van der Waals surface area (Å²) >= 11 is 0. The number of ether oxygens (including phenoxy) is 2. The maximum atomic E-state index is 12.8. The highest BCUT2D eigenvalue weighted by Gasteiger charge is 2.26. The van der Waals surface area contributed by atoms with Gasteiger partial charge in [0.15, 0.2) is 12.4 Å². The van der Waals surface area contributed by atoms with Crippen molar-refractivity contribution in [1.29, 1.82) is 0 Å². The maximum Gasteiger partial charge on any atom is 0.345 e. The topological polar surface area (TPSA) is 120 Å². The van der Waals surface area contributed by atoms with E-state index in [1.165, 1.54) is 0 Å². The minimum absolute atomic E-state index is 0.0271. The Morgan fingerprint density at radius 3 is 2.72 bits per heavy atom. The van der Waals surface area contributed by atoms with Crippen molar-refractivity contribution in [2.45, 2.75) is 25.9 Å². The first-order valence-corrected chi connectivity index (χ1v) is 10.0. The van der Waals surface area contributed by atoms with Crippen molar-refractivity contribution < 1.29 is 28.4 Å². The first kappa shape index (κ1) is 21.1. The van der Waals surface area contributed by atoms with Crippen LogP contribution in [0, 0.1) is 6.92 Å². The number of anilines is 2. The average Bonchev–Trinajstić information content (AvgIpc) is 3.20. The van der Waals surface area contributed by atoms with Gasteiger partial charge in [-0.2, -0.15) is 0 Å². The molecular formula is C23H21N3O6. The molecule has 1 aliphatic heterocycles. The third-order valence-corrected chi connectivity index (χ3v) is 4.80. The van der Waals surface area contributed by atoms with E-state index in [4.69, 9.17) is 14.0 Å². The lowest BCUT2D eigenvalue weighted by molar-refractivity contribution is -0.156. The van der Waals surface area contributed by atoms with Crippen LogP contribution in [-0.2, 0) is 25.5 Å². The van der Waals surface area contributed by atoms with Crippen LogP contribution in [0.4, 0.5) is 11.5 Å². The standard InChI is InChI=1S/C23H21N3O6/c1-14-11-19(26-32-14)25-23(29)22(15-5-3-2-4-6-15)31-21(28)13-30-17-8-9-18-16(12-17)7-10-20(27)24-18/h2-6,8-9,11-12,22H,7,10,13H2,1H3,(H,24,27)(H,25,26,29). The van der Waals surface area contributed by atoms with Crippen molar-refractivity contribution in [3.63, 3.8) is 0 Å². The molecule has 164 valence electrons. The summed E-state index contributed by atoms with van der Waals surface area (Å²) in [5, 5.41) is 9.10. The Hall–Kier alpha value is -4.14. The summed E-state index contributed by atoms with van der Waals surface area (Å²) in [6, 6.07) is 15.4. The molecule has 0 saturated carbocycles. The second-order valence-corrected chi connectivity index (χ2v) is 7.25. The summed E-state index contributed by atoms with van der Waals surface area (Å²) < 4.78 is 15.9. The number of hydrogen-bond acceptors (Lipinski definition) is 7. The summed E-state index contributed by atoms with van der Waals surface area (Å²) in [7, 11) is 0. The molecule has 0 aliphatic carbocycles. The van der Waals surface area contributed by atoms with Crippen molar-refractivity contribution in [3.8, 4) is 5.75 Å². The van der Waals surface area contributed by atoms with Gasteiger partial charge in [-0.15, -0.1) is 0 Å². The summed E-state index contributed by atoms with van der Waals surface area (Å²) in [5.74, 6) is -0.0800. The van der Waals surface area contributed by atoms with Gasteiger partial charge in [-0.3, -0.25) is 9.59 Å². The van der Waals surface area contributed by atoms with Crippen LogP contribution in [0.2, 0.25) is 0 Å². The Morgan fingerprint density at radius 1 is 1.16 bits per heavy atom.